The molecule has 0 unspecified atom stereocenters. The van der Waals surface area contributed by atoms with Gasteiger partial charge in [0.1, 0.15) is 5.69 Å². The number of rotatable bonds is 8. The Morgan fingerprint density at radius 1 is 1.43 bits per heavy atom. The lowest BCUT2D eigenvalue weighted by Gasteiger charge is -2.27. The van der Waals surface area contributed by atoms with Gasteiger partial charge < -0.3 is 10.2 Å². The van der Waals surface area contributed by atoms with Crippen LogP contribution in [0, 0.1) is 0 Å². The van der Waals surface area contributed by atoms with Crippen LogP contribution in [0.4, 0.5) is 14.5 Å². The van der Waals surface area contributed by atoms with Crippen molar-refractivity contribution in [3.8, 4) is 0 Å². The van der Waals surface area contributed by atoms with E-state index in [0.717, 1.165) is 30.3 Å². The fraction of sp³-hybridized carbons (Fsp3) is 0.348. The molecule has 30 heavy (non-hydrogen) atoms. The van der Waals surface area contributed by atoms with Crippen LogP contribution in [-0.4, -0.2) is 34.6 Å². The number of carbonyl (C=O) groups excluding carboxylic acids is 1. The first-order chi connectivity index (χ1) is 14.3. The van der Waals surface area contributed by atoms with Crippen molar-refractivity contribution in [2.45, 2.75) is 39.5 Å². The molecule has 2 rings (SSSR count). The minimum absolute atomic E-state index is 0.0985. The van der Waals surface area contributed by atoms with Gasteiger partial charge in [-0.3, -0.25) is 14.8 Å². The van der Waals surface area contributed by atoms with E-state index < -0.39 is 5.92 Å². The van der Waals surface area contributed by atoms with E-state index in [9.17, 15) is 13.6 Å². The van der Waals surface area contributed by atoms with Crippen LogP contribution in [0.1, 0.15) is 39.3 Å². The van der Waals surface area contributed by atoms with Crippen LogP contribution in [0.5, 0.6) is 0 Å². The molecule has 7 heteroatoms. The first kappa shape index (κ1) is 23.2. The maximum absolute atomic E-state index is 13.4. The molecule has 1 aliphatic heterocycles. The van der Waals surface area contributed by atoms with Crippen molar-refractivity contribution in [2.75, 3.05) is 18.4 Å². The van der Waals surface area contributed by atoms with Gasteiger partial charge in [0.05, 0.1) is 23.3 Å². The van der Waals surface area contributed by atoms with E-state index in [1.54, 1.807) is 17.2 Å². The fourth-order valence-electron chi connectivity index (χ4n) is 2.98. The number of hydrogen-bond donors (Lipinski definition) is 1. The maximum Gasteiger partial charge on any atom is 0.286 e. The van der Waals surface area contributed by atoms with E-state index in [1.807, 2.05) is 32.1 Å². The highest BCUT2D eigenvalue weighted by molar-refractivity contribution is 6.14. The SMILES string of the molecule is C=CC(=O)N1CC=C(C(=N/C=C\C)/C(=C/CC)Nc2ccc(C(C)(F)F)nc2)CC1. The number of nitrogens with zero attached hydrogens (tertiary/aromatic N) is 3. The van der Waals surface area contributed by atoms with Crippen LogP contribution >= 0.6 is 0 Å². The molecule has 1 aromatic heterocycles. The van der Waals surface area contributed by atoms with Crippen molar-refractivity contribution < 1.29 is 13.6 Å². The number of allylic oxidation sites excluding steroid dienone is 3. The molecule has 1 aromatic rings. The van der Waals surface area contributed by atoms with Crippen molar-refractivity contribution in [1.82, 2.24) is 9.88 Å². The van der Waals surface area contributed by atoms with E-state index in [1.165, 1.54) is 18.3 Å². The molecular weight excluding hydrogens is 386 g/mol. The zero-order valence-electron chi connectivity index (χ0n) is 17.7. The molecule has 0 radical (unpaired) electrons. The number of anilines is 1. The van der Waals surface area contributed by atoms with Gasteiger partial charge in [0.15, 0.2) is 0 Å². The Bertz CT molecular complexity index is 877. The van der Waals surface area contributed by atoms with Crippen LogP contribution in [0.3, 0.4) is 0 Å². The summed E-state index contributed by atoms with van der Waals surface area (Å²) >= 11 is 0. The summed E-state index contributed by atoms with van der Waals surface area (Å²) in [6.07, 6.45) is 11.6. The Balaban J connectivity index is 2.31. The average molecular weight is 415 g/mol. The lowest BCUT2D eigenvalue weighted by Crippen LogP contribution is -2.35. The van der Waals surface area contributed by atoms with Gasteiger partial charge in [-0.1, -0.05) is 31.7 Å². The highest BCUT2D eigenvalue weighted by Gasteiger charge is 2.26. The third-order valence-corrected chi connectivity index (χ3v) is 4.51. The Morgan fingerprint density at radius 3 is 2.70 bits per heavy atom. The largest absolute Gasteiger partial charge is 0.353 e. The summed E-state index contributed by atoms with van der Waals surface area (Å²) in [5, 5.41) is 3.26. The molecule has 0 fully saturated rings. The number of nitrogens with one attached hydrogen (secondary N) is 1. The number of pyridine rings is 1. The number of aliphatic imine (C=N–C) groups is 1. The van der Waals surface area contributed by atoms with Crippen molar-refractivity contribution in [3.05, 3.63) is 72.4 Å². The molecule has 0 aromatic carbocycles. The summed E-state index contributed by atoms with van der Waals surface area (Å²) in [5.74, 6) is -3.08. The Labute approximate surface area is 176 Å². The second kappa shape index (κ2) is 10.6. The second-order valence-electron chi connectivity index (χ2n) is 6.90. The van der Waals surface area contributed by atoms with Gasteiger partial charge in [0.25, 0.3) is 5.92 Å². The summed E-state index contributed by atoms with van der Waals surface area (Å²) in [5.41, 5.74) is 2.85. The molecule has 0 saturated carbocycles. The van der Waals surface area contributed by atoms with Crippen molar-refractivity contribution in [3.63, 3.8) is 0 Å². The van der Waals surface area contributed by atoms with Crippen LogP contribution in [0.15, 0.2) is 71.7 Å². The highest BCUT2D eigenvalue weighted by Crippen LogP contribution is 2.26. The van der Waals surface area contributed by atoms with Gasteiger partial charge >= 0.3 is 0 Å². The van der Waals surface area contributed by atoms with Crippen LogP contribution in [0.2, 0.25) is 0 Å². The molecular formula is C23H28F2N4O. The number of halogens is 2. The predicted molar refractivity (Wildman–Crippen MR) is 118 cm³/mol. The third-order valence-electron chi connectivity index (χ3n) is 4.51. The van der Waals surface area contributed by atoms with Crippen LogP contribution < -0.4 is 5.32 Å². The molecule has 1 N–H and O–H groups in total. The summed E-state index contributed by atoms with van der Waals surface area (Å²) in [6.45, 7) is 9.30. The minimum atomic E-state index is -2.99. The summed E-state index contributed by atoms with van der Waals surface area (Å²) in [4.78, 5) is 22.0. The summed E-state index contributed by atoms with van der Waals surface area (Å²) in [6, 6.07) is 2.89. The Morgan fingerprint density at radius 2 is 2.20 bits per heavy atom. The van der Waals surface area contributed by atoms with E-state index in [-0.39, 0.29) is 11.6 Å². The average Bonchev–Trinajstić information content (AvgIpc) is 2.73. The van der Waals surface area contributed by atoms with Gasteiger partial charge in [0.2, 0.25) is 5.91 Å². The number of hydrogen-bond acceptors (Lipinski definition) is 4. The third kappa shape index (κ3) is 6.20. The highest BCUT2D eigenvalue weighted by atomic mass is 19.3. The number of alkyl halides is 2. The Hall–Kier alpha value is -3.09. The molecule has 160 valence electrons. The number of amides is 1. The first-order valence-electron chi connectivity index (χ1n) is 9.91. The standard InChI is InChI=1S/C23H28F2N4O/c1-5-8-19(28-18-9-10-20(27-16-18)23(4,24)25)22(26-13-6-2)17-11-14-29(15-12-17)21(30)7-3/h6-11,13,16,28H,3,5,12,14-15H2,1-2,4H3/b13-6-,19-8-,26-22-. The van der Waals surface area contributed by atoms with Gasteiger partial charge in [-0.2, -0.15) is 8.78 Å². The first-order valence-corrected chi connectivity index (χ1v) is 9.91. The van der Waals surface area contributed by atoms with E-state index in [4.69, 9.17) is 0 Å². The van der Waals surface area contributed by atoms with E-state index in [2.05, 4.69) is 21.9 Å². The van der Waals surface area contributed by atoms with Gasteiger partial charge in [-0.15, -0.1) is 0 Å². The van der Waals surface area contributed by atoms with Crippen LogP contribution in [-0.2, 0) is 10.7 Å². The van der Waals surface area contributed by atoms with Crippen molar-refractivity contribution in [2.24, 2.45) is 4.99 Å². The molecule has 1 aliphatic rings. The second-order valence-corrected chi connectivity index (χ2v) is 6.90. The number of carbonyl (C=O) groups is 1. The summed E-state index contributed by atoms with van der Waals surface area (Å²) < 4.78 is 26.9. The van der Waals surface area contributed by atoms with Crippen molar-refractivity contribution in [1.29, 1.82) is 0 Å². The predicted octanol–water partition coefficient (Wildman–Crippen LogP) is 5.22. The van der Waals surface area contributed by atoms with Crippen molar-refractivity contribution >= 4 is 17.3 Å². The molecule has 2 heterocycles. The smallest absolute Gasteiger partial charge is 0.286 e. The Kier molecular flexibility index (Phi) is 8.21. The fourth-order valence-corrected chi connectivity index (χ4v) is 2.98. The quantitative estimate of drug-likeness (QED) is 0.469. The van der Waals surface area contributed by atoms with Gasteiger partial charge in [0, 0.05) is 26.2 Å². The van der Waals surface area contributed by atoms with Crippen LogP contribution in [0.25, 0.3) is 0 Å². The molecule has 0 aliphatic carbocycles. The maximum atomic E-state index is 13.4. The zero-order valence-corrected chi connectivity index (χ0v) is 17.7. The molecule has 1 amide bonds. The lowest BCUT2D eigenvalue weighted by molar-refractivity contribution is -0.125. The molecule has 0 atom stereocenters. The van der Waals surface area contributed by atoms with Gasteiger partial charge in [-0.25, -0.2) is 0 Å². The van der Waals surface area contributed by atoms with E-state index in [0.29, 0.717) is 25.2 Å². The topological polar surface area (TPSA) is 57.6 Å². The molecule has 0 bridgehead atoms. The minimum Gasteiger partial charge on any atom is -0.353 e. The molecule has 0 saturated heterocycles. The van der Waals surface area contributed by atoms with E-state index >= 15 is 0 Å². The van der Waals surface area contributed by atoms with Gasteiger partial charge in [-0.05, 0) is 43.5 Å². The monoisotopic (exact) mass is 414 g/mol. The number of aromatic nitrogens is 1. The zero-order chi connectivity index (χ0) is 22.1. The summed E-state index contributed by atoms with van der Waals surface area (Å²) in [7, 11) is 0. The normalized spacial score (nSPS) is 15.9. The molecule has 0 spiro atoms. The molecule has 5 nitrogen and oxygen atoms in total. The lowest BCUT2D eigenvalue weighted by atomic mass is 9.99.